The lowest BCUT2D eigenvalue weighted by Gasteiger charge is -2.06. The first-order valence-corrected chi connectivity index (χ1v) is 29.5. The van der Waals surface area contributed by atoms with Gasteiger partial charge in [-0.15, -0.1) is 23.5 Å². The van der Waals surface area contributed by atoms with Crippen LogP contribution in [0.25, 0.3) is 0 Å². The Labute approximate surface area is 462 Å². The Morgan fingerprint density at radius 1 is 0.303 bits per heavy atom. The first kappa shape index (κ1) is 65.7. The largest absolute Gasteiger partial charge is 0.171 e. The second-order valence-electron chi connectivity index (χ2n) is 12.9. The Kier molecular flexibility index (Phi) is 42.7. The van der Waals surface area contributed by atoms with Gasteiger partial charge in [0.2, 0.25) is 0 Å². The molecular formula is C28H48N40S8. The van der Waals surface area contributed by atoms with E-state index in [0.717, 1.165) is 32.8 Å². The standard InChI is InChI=1S/C28H48N40S8/c1-5-7-9-11-13-15-17-19-21-69-23-24(70-22-20-18-16-14-12-10-8-6-2)72-25(71-23)26-73-27(75(29)67-65-63-61-59-57-55-53-51-49-47-45-43-41-39-37-35-33-31-3)28(74-26)76(30)68-66-64-62-60-58-56-54-52-50-48-46-44-42-40-38-36-34-32-4/h5-22H2,1-4H3. The number of hydrogen-bond acceptors (Lipinski definition) is 10. The Balaban J connectivity index is 2.22. The maximum atomic E-state index is 11.2. The van der Waals surface area contributed by atoms with Crippen LogP contribution in [0.3, 0.4) is 0 Å². The second kappa shape index (κ2) is 49.5. The average molecular weight is 1200 g/mol. The van der Waals surface area contributed by atoms with Crippen LogP contribution in [-0.2, 0) is 20.6 Å². The van der Waals surface area contributed by atoms with Crippen molar-refractivity contribution in [1.82, 2.24) is 0 Å². The van der Waals surface area contributed by atoms with Gasteiger partial charge in [-0.25, -0.2) is 0 Å². The van der Waals surface area contributed by atoms with Crippen molar-refractivity contribution in [3.63, 3.8) is 0 Å². The molecule has 0 atom stereocenters. The highest BCUT2D eigenvalue weighted by atomic mass is 32.3. The summed E-state index contributed by atoms with van der Waals surface area (Å²) >= 11 is 9.54. The van der Waals surface area contributed by atoms with Gasteiger partial charge < -0.3 is 0 Å². The van der Waals surface area contributed by atoms with Crippen molar-refractivity contribution in [3.8, 4) is 0 Å². The Morgan fingerprint density at radius 2 is 0.526 bits per heavy atom. The topological polar surface area (TPSA) is 517 Å². The summed E-state index contributed by atoms with van der Waals surface area (Å²) in [6.45, 7) is 4.46. The lowest BCUT2D eigenvalue weighted by atomic mass is 10.1. The molecular weight excluding hydrogens is 1150 g/mol. The van der Waals surface area contributed by atoms with Crippen LogP contribution in [-0.4, -0.2) is 25.6 Å². The zero-order valence-corrected chi connectivity index (χ0v) is 47.4. The predicted molar refractivity (Wildman–Crippen MR) is 284 cm³/mol. The van der Waals surface area contributed by atoms with Crippen molar-refractivity contribution in [2.45, 2.75) is 117 Å². The fourth-order valence-electron chi connectivity index (χ4n) is 4.71. The molecule has 408 valence electrons. The van der Waals surface area contributed by atoms with E-state index in [1.54, 1.807) is 23.5 Å². The molecule has 0 bridgehead atoms. The predicted octanol–water partition coefficient (Wildman–Crippen LogP) is 19.5. The highest BCUT2D eigenvalue weighted by molar-refractivity contribution is 8.43. The van der Waals surface area contributed by atoms with Gasteiger partial charge in [-0.3, -0.25) is 0 Å². The van der Waals surface area contributed by atoms with Crippen LogP contribution in [0.15, 0.2) is 222 Å². The van der Waals surface area contributed by atoms with E-state index in [4.69, 9.17) is 0 Å². The van der Waals surface area contributed by atoms with Crippen LogP contribution >= 0.6 is 70.6 Å². The van der Waals surface area contributed by atoms with E-state index >= 15 is 0 Å². The molecule has 0 fully saturated rings. The van der Waals surface area contributed by atoms with Crippen LogP contribution in [0.1, 0.15) is 117 Å². The number of thioether (sulfide) groups is 6. The minimum absolute atomic E-state index is 0.231. The van der Waals surface area contributed by atoms with Crippen LogP contribution in [0.2, 0.25) is 0 Å². The molecule has 2 heterocycles. The zero-order chi connectivity index (χ0) is 54.5. The number of hydrogen-bond donors (Lipinski definition) is 0. The quantitative estimate of drug-likeness (QED) is 0.0324. The summed E-state index contributed by atoms with van der Waals surface area (Å²) in [4.78, 5) is 0. The van der Waals surface area contributed by atoms with Crippen LogP contribution in [0.5, 0.6) is 0 Å². The molecule has 0 spiro atoms. The van der Waals surface area contributed by atoms with Gasteiger partial charge >= 0.3 is 0 Å². The van der Waals surface area contributed by atoms with Crippen LogP contribution < -0.4 is 0 Å². The van der Waals surface area contributed by atoms with Crippen LogP contribution in [0.4, 0.5) is 0 Å². The van der Waals surface area contributed by atoms with Crippen LogP contribution in [0, 0.1) is 9.22 Å². The van der Waals surface area contributed by atoms with Gasteiger partial charge in [-0.2, -0.15) is 19.4 Å². The van der Waals surface area contributed by atoms with Gasteiger partial charge in [-0.1, -0.05) is 151 Å². The first-order valence-electron chi connectivity index (χ1n) is 22.0. The summed E-state index contributed by atoms with van der Waals surface area (Å²) in [6, 6.07) is 0. The normalized spacial score (nSPS) is 16.4. The molecule has 0 aromatic rings. The minimum atomic E-state index is -1.97. The fraction of sp³-hybridized carbons (Fsp3) is 0.786. The van der Waals surface area contributed by atoms with E-state index in [-0.39, 0.29) is 8.47 Å². The van der Waals surface area contributed by atoms with E-state index < -0.39 is 20.6 Å². The molecule has 0 N–H and O–H groups in total. The lowest BCUT2D eigenvalue weighted by molar-refractivity contribution is 0.586. The third-order valence-electron chi connectivity index (χ3n) is 7.72. The smallest absolute Gasteiger partial charge is 0.135 e. The minimum Gasteiger partial charge on any atom is -0.171 e. The van der Waals surface area contributed by atoms with E-state index in [1.807, 2.05) is 23.5 Å². The van der Waals surface area contributed by atoms with E-state index in [9.17, 15) is 9.22 Å². The molecule has 0 aromatic heterocycles. The van der Waals surface area contributed by atoms with Gasteiger partial charge in [0.05, 0.1) is 31.0 Å². The van der Waals surface area contributed by atoms with Gasteiger partial charge in [0.15, 0.2) is 0 Å². The summed E-state index contributed by atoms with van der Waals surface area (Å²) < 4.78 is 34.8. The van der Waals surface area contributed by atoms with Gasteiger partial charge in [0.1, 0.15) is 29.1 Å². The van der Waals surface area contributed by atoms with E-state index in [1.165, 1.54) is 136 Å². The van der Waals surface area contributed by atoms with Crippen molar-refractivity contribution in [1.29, 1.82) is 9.22 Å². The molecule has 0 aliphatic carbocycles. The SMILES string of the molecule is CCCCCCCCCCSC1=C(SCCCCCCCCCC)SC(=C2SC(S(#N)=NN=NN=NN=NN=NN=NN=NN=NN=NN=NC)=C(S(#N)=NN=NN=NN=NN=NN=NN=NN=NN=NN=NC)S2)S1. The molecule has 0 saturated carbocycles. The summed E-state index contributed by atoms with van der Waals surface area (Å²) in [5.74, 6) is 2.02. The number of rotatable bonds is 38. The maximum Gasteiger partial charge on any atom is 0.135 e. The fourth-order valence-corrected chi connectivity index (χ4v) is 16.3. The summed E-state index contributed by atoms with van der Waals surface area (Å²) in [5.41, 5.74) is 0. The molecule has 2 aliphatic rings. The van der Waals surface area contributed by atoms with Crippen molar-refractivity contribution < 1.29 is 0 Å². The second-order valence-corrected chi connectivity index (χ2v) is 23.0. The molecule has 0 radical (unpaired) electrons. The Hall–Kier alpha value is -6.42. The lowest BCUT2D eigenvalue weighted by Crippen LogP contribution is -1.85. The highest BCUT2D eigenvalue weighted by Crippen LogP contribution is 2.64. The molecule has 48 heteroatoms. The molecule has 40 nitrogen and oxygen atoms in total. The van der Waals surface area contributed by atoms with Crippen molar-refractivity contribution in [2.24, 2.45) is 197 Å². The molecule has 0 unspecified atom stereocenters. The third kappa shape index (κ3) is 35.7. The number of nitrogens with zero attached hydrogens (tertiary/aromatic N) is 40. The first-order chi connectivity index (χ1) is 37.5. The van der Waals surface area contributed by atoms with Crippen molar-refractivity contribution >= 4 is 91.2 Å². The maximum absolute atomic E-state index is 11.2. The Morgan fingerprint density at radius 3 is 0.789 bits per heavy atom. The monoisotopic (exact) mass is 1200 g/mol. The third-order valence-corrected chi connectivity index (χ3v) is 19.4. The van der Waals surface area contributed by atoms with Crippen molar-refractivity contribution in [3.05, 3.63) is 25.4 Å². The zero-order valence-electron chi connectivity index (χ0n) is 40.9. The summed E-state index contributed by atoms with van der Waals surface area (Å²) in [5, 5.41) is 115. The van der Waals surface area contributed by atoms with Gasteiger partial charge in [0, 0.05) is 10.4 Å². The molecule has 76 heavy (non-hydrogen) atoms. The summed E-state index contributed by atoms with van der Waals surface area (Å²) in [6.07, 6.45) is 19.9. The number of unbranched alkanes of at least 4 members (excludes halogenated alkanes) is 14. The molecule has 2 rings (SSSR count). The highest BCUT2D eigenvalue weighted by Gasteiger charge is 2.32. The molecule has 0 amide bonds. The summed E-state index contributed by atoms with van der Waals surface area (Å²) in [7, 11) is -1.16. The van der Waals surface area contributed by atoms with E-state index in [2.05, 4.69) is 211 Å². The molecule has 0 aromatic carbocycles. The molecule has 0 saturated heterocycles. The average Bonchev–Trinajstić information content (AvgIpc) is 4.07. The van der Waals surface area contributed by atoms with Gasteiger partial charge in [0.25, 0.3) is 0 Å². The Bertz CT molecular complexity index is 2490. The van der Waals surface area contributed by atoms with Crippen molar-refractivity contribution in [2.75, 3.05) is 25.6 Å². The van der Waals surface area contributed by atoms with E-state index in [0.29, 0.717) is 0 Å². The molecule has 2 aliphatic heterocycles. The van der Waals surface area contributed by atoms with Gasteiger partial charge in [-0.05, 0) is 200 Å².